The highest BCUT2D eigenvalue weighted by molar-refractivity contribution is 5.59. The molecule has 0 amide bonds. The summed E-state index contributed by atoms with van der Waals surface area (Å²) in [6.07, 6.45) is 3.82. The van der Waals surface area contributed by atoms with E-state index in [-0.39, 0.29) is 0 Å². The topological polar surface area (TPSA) is 48.0 Å². The molecule has 5 heteroatoms. The molecule has 0 bridgehead atoms. The molecular formula is C18H13N5. The van der Waals surface area contributed by atoms with E-state index in [1.54, 1.807) is 4.52 Å². The van der Waals surface area contributed by atoms with Gasteiger partial charge in [0.1, 0.15) is 0 Å². The maximum Gasteiger partial charge on any atom is 0.226 e. The fraction of sp³-hybridized carbons (Fsp3) is 0.0556. The van der Waals surface area contributed by atoms with Gasteiger partial charge in [0.25, 0.3) is 0 Å². The summed E-state index contributed by atoms with van der Waals surface area (Å²) in [6.45, 7) is 0. The summed E-state index contributed by atoms with van der Waals surface area (Å²) in [6, 6.07) is 15.8. The van der Waals surface area contributed by atoms with Crippen LogP contribution in [0.1, 0.15) is 11.6 Å². The van der Waals surface area contributed by atoms with Gasteiger partial charge >= 0.3 is 0 Å². The number of fused-ring (bicyclic) bond motifs is 1. The van der Waals surface area contributed by atoms with Crippen molar-refractivity contribution in [2.75, 3.05) is 0 Å². The van der Waals surface area contributed by atoms with Crippen molar-refractivity contribution in [1.29, 1.82) is 0 Å². The van der Waals surface area contributed by atoms with Gasteiger partial charge < -0.3 is 4.57 Å². The highest BCUT2D eigenvalue weighted by Crippen LogP contribution is 2.17. The van der Waals surface area contributed by atoms with Crippen molar-refractivity contribution in [3.8, 4) is 23.1 Å². The molecule has 0 fully saturated rings. The molecule has 0 spiro atoms. The van der Waals surface area contributed by atoms with Gasteiger partial charge in [-0.3, -0.25) is 0 Å². The zero-order chi connectivity index (χ0) is 15.6. The van der Waals surface area contributed by atoms with E-state index < -0.39 is 0 Å². The summed E-state index contributed by atoms with van der Waals surface area (Å²) in [5, 5.41) is 4.32. The monoisotopic (exact) mass is 299 g/mol. The van der Waals surface area contributed by atoms with E-state index in [1.165, 1.54) is 0 Å². The molecule has 110 valence electrons. The van der Waals surface area contributed by atoms with Crippen LogP contribution in [0.3, 0.4) is 0 Å². The number of nitrogens with zero attached hydrogens (tertiary/aromatic N) is 5. The molecule has 0 saturated heterocycles. The van der Waals surface area contributed by atoms with Crippen LogP contribution in [0.2, 0.25) is 0 Å². The third-order valence-electron chi connectivity index (χ3n) is 3.47. The summed E-state index contributed by atoms with van der Waals surface area (Å²) < 4.78 is 3.61. The predicted molar refractivity (Wildman–Crippen MR) is 87.6 cm³/mol. The number of hydrogen-bond acceptors (Lipinski definition) is 3. The SMILES string of the molecule is Cn1cc(-c2ccccc2)nc1C#Cc1nc2ccccn2n1. The minimum atomic E-state index is 0.487. The van der Waals surface area contributed by atoms with Crippen molar-refractivity contribution in [2.45, 2.75) is 0 Å². The van der Waals surface area contributed by atoms with Crippen molar-refractivity contribution in [3.05, 3.63) is 72.6 Å². The summed E-state index contributed by atoms with van der Waals surface area (Å²) in [5.41, 5.74) is 2.75. The van der Waals surface area contributed by atoms with Gasteiger partial charge in [-0.1, -0.05) is 36.4 Å². The fourth-order valence-corrected chi connectivity index (χ4v) is 2.33. The first-order valence-corrected chi connectivity index (χ1v) is 7.22. The maximum atomic E-state index is 4.58. The number of benzene rings is 1. The molecule has 0 aliphatic rings. The quantitative estimate of drug-likeness (QED) is 0.507. The predicted octanol–water partition coefficient (Wildman–Crippen LogP) is 2.53. The number of pyridine rings is 1. The van der Waals surface area contributed by atoms with Gasteiger partial charge in [-0.2, -0.15) is 4.98 Å². The Balaban J connectivity index is 1.68. The van der Waals surface area contributed by atoms with E-state index in [0.717, 1.165) is 16.9 Å². The number of aromatic nitrogens is 5. The molecule has 4 aromatic rings. The molecule has 4 rings (SSSR count). The number of rotatable bonds is 1. The highest BCUT2D eigenvalue weighted by Gasteiger charge is 2.05. The fourth-order valence-electron chi connectivity index (χ4n) is 2.33. The lowest BCUT2D eigenvalue weighted by atomic mass is 10.2. The number of hydrogen-bond donors (Lipinski definition) is 0. The van der Waals surface area contributed by atoms with Crippen LogP contribution in [-0.4, -0.2) is 24.1 Å². The molecular weight excluding hydrogens is 286 g/mol. The van der Waals surface area contributed by atoms with E-state index in [0.29, 0.717) is 11.6 Å². The number of imidazole rings is 1. The van der Waals surface area contributed by atoms with Crippen LogP contribution >= 0.6 is 0 Å². The van der Waals surface area contributed by atoms with Gasteiger partial charge in [0.05, 0.1) is 5.69 Å². The minimum absolute atomic E-state index is 0.487. The van der Waals surface area contributed by atoms with Crippen molar-refractivity contribution in [3.63, 3.8) is 0 Å². The molecule has 0 atom stereocenters. The van der Waals surface area contributed by atoms with Gasteiger partial charge in [0, 0.05) is 25.0 Å². The van der Waals surface area contributed by atoms with E-state index in [2.05, 4.69) is 26.9 Å². The second-order valence-corrected chi connectivity index (χ2v) is 5.12. The van der Waals surface area contributed by atoms with E-state index >= 15 is 0 Å². The minimum Gasteiger partial charge on any atom is -0.327 e. The second kappa shape index (κ2) is 5.43. The van der Waals surface area contributed by atoms with E-state index in [9.17, 15) is 0 Å². The van der Waals surface area contributed by atoms with E-state index in [1.807, 2.05) is 72.5 Å². The Morgan fingerprint density at radius 2 is 1.74 bits per heavy atom. The standard InChI is InChI=1S/C18H13N5/c1-22-13-15(14-7-3-2-4-8-14)19-17(22)11-10-16-20-18-9-5-6-12-23(18)21-16/h2-9,12-13H,1H3. The molecule has 23 heavy (non-hydrogen) atoms. The van der Waals surface area contributed by atoms with Crippen LogP contribution < -0.4 is 0 Å². The Bertz CT molecular complexity index is 998. The first kappa shape index (κ1) is 13.3. The zero-order valence-corrected chi connectivity index (χ0v) is 12.5. The van der Waals surface area contributed by atoms with Gasteiger partial charge in [-0.15, -0.1) is 5.10 Å². The molecule has 0 radical (unpaired) electrons. The first-order chi connectivity index (χ1) is 11.3. The van der Waals surface area contributed by atoms with Gasteiger partial charge in [-0.25, -0.2) is 9.50 Å². The lowest BCUT2D eigenvalue weighted by Crippen LogP contribution is -1.91. The van der Waals surface area contributed by atoms with Crippen molar-refractivity contribution in [1.82, 2.24) is 24.1 Å². The summed E-state index contributed by atoms with van der Waals surface area (Å²) >= 11 is 0. The van der Waals surface area contributed by atoms with Crippen LogP contribution in [0.15, 0.2) is 60.9 Å². The van der Waals surface area contributed by atoms with Crippen LogP contribution in [-0.2, 0) is 7.05 Å². The van der Waals surface area contributed by atoms with Crippen molar-refractivity contribution < 1.29 is 0 Å². The first-order valence-electron chi connectivity index (χ1n) is 7.22. The van der Waals surface area contributed by atoms with Crippen molar-refractivity contribution >= 4 is 5.65 Å². The molecule has 0 N–H and O–H groups in total. The molecule has 1 aromatic carbocycles. The lowest BCUT2D eigenvalue weighted by molar-refractivity contribution is 0.893. The molecule has 0 unspecified atom stereocenters. The Kier molecular flexibility index (Phi) is 3.13. The van der Waals surface area contributed by atoms with Crippen LogP contribution in [0.25, 0.3) is 16.9 Å². The normalized spacial score (nSPS) is 10.5. The Hall–Kier alpha value is -3.39. The summed E-state index contributed by atoms with van der Waals surface area (Å²) in [5.74, 6) is 7.19. The van der Waals surface area contributed by atoms with Crippen LogP contribution in [0.4, 0.5) is 0 Å². The molecule has 0 aliphatic carbocycles. The largest absolute Gasteiger partial charge is 0.327 e. The second-order valence-electron chi connectivity index (χ2n) is 5.12. The Morgan fingerprint density at radius 3 is 2.57 bits per heavy atom. The maximum absolute atomic E-state index is 4.58. The molecule has 5 nitrogen and oxygen atoms in total. The Labute approximate surface area is 133 Å². The molecule has 0 aliphatic heterocycles. The average molecular weight is 299 g/mol. The molecule has 0 saturated carbocycles. The van der Waals surface area contributed by atoms with Crippen LogP contribution in [0.5, 0.6) is 0 Å². The third kappa shape index (κ3) is 2.58. The third-order valence-corrected chi connectivity index (χ3v) is 3.47. The van der Waals surface area contributed by atoms with Gasteiger partial charge in [0.15, 0.2) is 11.5 Å². The van der Waals surface area contributed by atoms with E-state index in [4.69, 9.17) is 0 Å². The summed E-state index contributed by atoms with van der Waals surface area (Å²) in [7, 11) is 1.93. The molecule has 3 aromatic heterocycles. The summed E-state index contributed by atoms with van der Waals surface area (Å²) in [4.78, 5) is 8.94. The highest BCUT2D eigenvalue weighted by atomic mass is 15.3. The lowest BCUT2D eigenvalue weighted by Gasteiger charge is -1.92. The van der Waals surface area contributed by atoms with Gasteiger partial charge in [-0.05, 0) is 24.0 Å². The van der Waals surface area contributed by atoms with Gasteiger partial charge in [0.2, 0.25) is 5.82 Å². The molecule has 3 heterocycles. The van der Waals surface area contributed by atoms with Crippen LogP contribution in [0, 0.1) is 11.8 Å². The zero-order valence-electron chi connectivity index (χ0n) is 12.5. The Morgan fingerprint density at radius 1 is 0.913 bits per heavy atom. The number of aryl methyl sites for hydroxylation is 1. The average Bonchev–Trinajstić information content (AvgIpc) is 3.16. The smallest absolute Gasteiger partial charge is 0.226 e. The van der Waals surface area contributed by atoms with Crippen molar-refractivity contribution in [2.24, 2.45) is 7.05 Å².